The average Bonchev–Trinajstić information content (AvgIpc) is 2.38. The molecular weight excluding hydrogens is 280 g/mol. The molecule has 0 spiro atoms. The number of benzene rings is 2. The molecule has 0 aliphatic heterocycles. The van der Waals surface area contributed by atoms with Crippen LogP contribution in [0.5, 0.6) is 0 Å². The van der Waals surface area contributed by atoms with Crippen LogP contribution in [0.3, 0.4) is 0 Å². The van der Waals surface area contributed by atoms with Crippen molar-refractivity contribution in [3.8, 4) is 0 Å². The first-order valence-corrected chi connectivity index (χ1v) is 6.70. The Morgan fingerprint density at radius 3 is 2.30 bits per heavy atom. The molecule has 0 aliphatic rings. The molecule has 0 heterocycles. The van der Waals surface area contributed by atoms with Gasteiger partial charge in [0.15, 0.2) is 0 Å². The van der Waals surface area contributed by atoms with Crippen LogP contribution >= 0.6 is 11.6 Å². The number of rotatable bonds is 3. The predicted molar refractivity (Wildman–Crippen MR) is 78.2 cm³/mol. The molecule has 0 bridgehead atoms. The lowest BCUT2D eigenvalue weighted by atomic mass is 9.94. The average molecular weight is 296 g/mol. The van der Waals surface area contributed by atoms with E-state index in [1.54, 1.807) is 26.1 Å². The molecule has 20 heavy (non-hydrogen) atoms. The molecule has 1 nitrogen and oxygen atoms in total. The van der Waals surface area contributed by atoms with E-state index in [4.69, 9.17) is 11.6 Å². The van der Waals surface area contributed by atoms with Gasteiger partial charge >= 0.3 is 0 Å². The zero-order chi connectivity index (χ0) is 14.9. The van der Waals surface area contributed by atoms with E-state index in [1.807, 2.05) is 6.92 Å². The molecule has 106 valence electrons. The van der Waals surface area contributed by atoms with Crippen LogP contribution in [0.25, 0.3) is 0 Å². The first-order chi connectivity index (χ1) is 9.43. The van der Waals surface area contributed by atoms with Crippen molar-refractivity contribution in [2.24, 2.45) is 0 Å². The summed E-state index contributed by atoms with van der Waals surface area (Å²) in [5.41, 5.74) is 3.05. The molecule has 0 aromatic heterocycles. The maximum atomic E-state index is 13.5. The Kier molecular flexibility index (Phi) is 4.41. The van der Waals surface area contributed by atoms with Crippen LogP contribution in [-0.2, 0) is 0 Å². The van der Waals surface area contributed by atoms with E-state index >= 15 is 0 Å². The topological polar surface area (TPSA) is 12.0 Å². The van der Waals surface area contributed by atoms with E-state index in [1.165, 1.54) is 18.2 Å². The van der Waals surface area contributed by atoms with Gasteiger partial charge in [-0.15, -0.1) is 0 Å². The second-order valence-electron chi connectivity index (χ2n) is 4.85. The largest absolute Gasteiger partial charge is 0.309 e. The second kappa shape index (κ2) is 5.90. The van der Waals surface area contributed by atoms with Crippen molar-refractivity contribution in [3.63, 3.8) is 0 Å². The Bertz CT molecular complexity index is 641. The fourth-order valence-corrected chi connectivity index (χ4v) is 2.60. The zero-order valence-corrected chi connectivity index (χ0v) is 12.4. The molecule has 2 aromatic carbocycles. The highest BCUT2D eigenvalue weighted by molar-refractivity contribution is 6.31. The van der Waals surface area contributed by atoms with Gasteiger partial charge < -0.3 is 5.32 Å². The van der Waals surface area contributed by atoms with Crippen molar-refractivity contribution in [1.82, 2.24) is 5.32 Å². The van der Waals surface area contributed by atoms with Crippen LogP contribution in [0.1, 0.15) is 28.3 Å². The molecule has 1 atom stereocenters. The molecule has 4 heteroatoms. The van der Waals surface area contributed by atoms with E-state index in [-0.39, 0.29) is 17.7 Å². The van der Waals surface area contributed by atoms with E-state index < -0.39 is 0 Å². The fraction of sp³-hybridized carbons (Fsp3) is 0.250. The van der Waals surface area contributed by atoms with Crippen LogP contribution in [0, 0.1) is 25.5 Å². The highest BCUT2D eigenvalue weighted by Crippen LogP contribution is 2.31. The van der Waals surface area contributed by atoms with Gasteiger partial charge in [0, 0.05) is 5.02 Å². The van der Waals surface area contributed by atoms with Crippen molar-refractivity contribution in [1.29, 1.82) is 0 Å². The third-order valence-electron chi connectivity index (χ3n) is 3.42. The van der Waals surface area contributed by atoms with Gasteiger partial charge in [0.25, 0.3) is 0 Å². The quantitative estimate of drug-likeness (QED) is 0.876. The molecule has 0 saturated carbocycles. The van der Waals surface area contributed by atoms with Crippen LogP contribution in [-0.4, -0.2) is 7.05 Å². The Morgan fingerprint density at radius 2 is 1.70 bits per heavy atom. The second-order valence-corrected chi connectivity index (χ2v) is 5.25. The number of nitrogens with one attached hydrogen (secondary N) is 1. The summed E-state index contributed by atoms with van der Waals surface area (Å²) < 4.78 is 26.7. The van der Waals surface area contributed by atoms with E-state index in [9.17, 15) is 8.78 Å². The summed E-state index contributed by atoms with van der Waals surface area (Å²) in [7, 11) is 1.79. The Balaban J connectivity index is 2.55. The van der Waals surface area contributed by atoms with E-state index in [0.29, 0.717) is 10.6 Å². The Morgan fingerprint density at radius 1 is 1.00 bits per heavy atom. The van der Waals surface area contributed by atoms with E-state index in [2.05, 4.69) is 5.32 Å². The minimum absolute atomic E-state index is 0.206. The highest BCUT2D eigenvalue weighted by Gasteiger charge is 2.19. The number of halogens is 3. The molecule has 1 N–H and O–H groups in total. The van der Waals surface area contributed by atoms with Gasteiger partial charge in [0.2, 0.25) is 0 Å². The SMILES string of the molecule is CNC(c1ccc(F)cc1C)c1cc(C)c(F)cc1Cl. The fourth-order valence-electron chi connectivity index (χ4n) is 2.34. The van der Waals surface area contributed by atoms with Gasteiger partial charge in [-0.3, -0.25) is 0 Å². The van der Waals surface area contributed by atoms with Crippen molar-refractivity contribution in [2.75, 3.05) is 7.05 Å². The van der Waals surface area contributed by atoms with Gasteiger partial charge in [0.05, 0.1) is 6.04 Å². The molecule has 0 amide bonds. The van der Waals surface area contributed by atoms with Gasteiger partial charge in [-0.1, -0.05) is 17.7 Å². The Hall–Kier alpha value is -1.45. The number of aryl methyl sites for hydroxylation is 2. The first-order valence-electron chi connectivity index (χ1n) is 6.33. The van der Waals surface area contributed by atoms with Crippen molar-refractivity contribution >= 4 is 11.6 Å². The number of hydrogen-bond acceptors (Lipinski definition) is 1. The predicted octanol–water partition coefficient (Wildman–Crippen LogP) is 4.54. The minimum atomic E-state index is -0.329. The van der Waals surface area contributed by atoms with Gasteiger partial charge in [-0.05, 0) is 67.4 Å². The molecule has 1 unspecified atom stereocenters. The lowest BCUT2D eigenvalue weighted by molar-refractivity contribution is 0.612. The van der Waals surface area contributed by atoms with Gasteiger partial charge in [0.1, 0.15) is 11.6 Å². The van der Waals surface area contributed by atoms with Crippen molar-refractivity contribution < 1.29 is 8.78 Å². The molecular formula is C16H16ClF2N. The van der Waals surface area contributed by atoms with Crippen LogP contribution in [0.4, 0.5) is 8.78 Å². The first kappa shape index (κ1) is 14.9. The normalized spacial score (nSPS) is 12.5. The van der Waals surface area contributed by atoms with Crippen molar-refractivity contribution in [3.05, 3.63) is 69.2 Å². The zero-order valence-electron chi connectivity index (χ0n) is 11.6. The minimum Gasteiger partial charge on any atom is -0.309 e. The summed E-state index contributed by atoms with van der Waals surface area (Å²) >= 11 is 6.15. The molecule has 0 radical (unpaired) electrons. The van der Waals surface area contributed by atoms with Crippen LogP contribution < -0.4 is 5.32 Å². The molecule has 0 aliphatic carbocycles. The smallest absolute Gasteiger partial charge is 0.127 e. The Labute approximate surface area is 122 Å². The molecule has 0 saturated heterocycles. The summed E-state index contributed by atoms with van der Waals surface area (Å²) in [5, 5.41) is 3.51. The van der Waals surface area contributed by atoms with Gasteiger partial charge in [-0.2, -0.15) is 0 Å². The summed E-state index contributed by atoms with van der Waals surface area (Å²) in [6, 6.07) is 7.45. The third-order valence-corrected chi connectivity index (χ3v) is 3.75. The molecule has 2 aromatic rings. The third kappa shape index (κ3) is 2.84. The summed E-state index contributed by atoms with van der Waals surface area (Å²) in [6.07, 6.45) is 0. The lowest BCUT2D eigenvalue weighted by Gasteiger charge is -2.21. The summed E-state index contributed by atoms with van der Waals surface area (Å²) in [4.78, 5) is 0. The van der Waals surface area contributed by atoms with Crippen molar-refractivity contribution in [2.45, 2.75) is 19.9 Å². The molecule has 2 rings (SSSR count). The standard InChI is InChI=1S/C16H16ClF2N/c1-9-6-11(18)4-5-12(9)16(20-3)13-7-10(2)15(19)8-14(13)17/h4-8,16,20H,1-3H3. The summed E-state index contributed by atoms with van der Waals surface area (Å²) in [6.45, 7) is 3.53. The van der Waals surface area contributed by atoms with Crippen LogP contribution in [0.15, 0.2) is 30.3 Å². The maximum absolute atomic E-state index is 13.5. The monoisotopic (exact) mass is 295 g/mol. The summed E-state index contributed by atoms with van der Waals surface area (Å²) in [5.74, 6) is -0.605. The van der Waals surface area contributed by atoms with Gasteiger partial charge in [-0.25, -0.2) is 8.78 Å². The van der Waals surface area contributed by atoms with Crippen LogP contribution in [0.2, 0.25) is 5.02 Å². The molecule has 0 fully saturated rings. The lowest BCUT2D eigenvalue weighted by Crippen LogP contribution is -2.19. The highest BCUT2D eigenvalue weighted by atomic mass is 35.5. The number of hydrogen-bond donors (Lipinski definition) is 1. The maximum Gasteiger partial charge on any atom is 0.127 e. The van der Waals surface area contributed by atoms with E-state index in [0.717, 1.165) is 16.7 Å².